The van der Waals surface area contributed by atoms with E-state index in [9.17, 15) is 17.9 Å². The number of alkyl halides is 1. The first-order valence-electron chi connectivity index (χ1n) is 9.49. The molecule has 2 aromatic heterocycles. The van der Waals surface area contributed by atoms with Crippen molar-refractivity contribution in [3.63, 3.8) is 0 Å². The summed E-state index contributed by atoms with van der Waals surface area (Å²) in [6, 6.07) is 5.82. The van der Waals surface area contributed by atoms with Gasteiger partial charge in [-0.15, -0.1) is 0 Å². The minimum atomic E-state index is -3.84. The highest BCUT2D eigenvalue weighted by molar-refractivity contribution is 8.26. The van der Waals surface area contributed by atoms with E-state index in [2.05, 4.69) is 25.3 Å². The maximum Gasteiger partial charge on any atom is 0.250 e. The Bertz CT molecular complexity index is 1240. The van der Waals surface area contributed by atoms with Crippen molar-refractivity contribution in [2.24, 2.45) is 10.7 Å². The Morgan fingerprint density at radius 3 is 2.62 bits per heavy atom. The molecule has 5 N–H and O–H groups in total. The summed E-state index contributed by atoms with van der Waals surface area (Å²) >= 11 is 0. The fourth-order valence-electron chi connectivity index (χ4n) is 3.51. The molecule has 170 valence electrons. The van der Waals surface area contributed by atoms with Gasteiger partial charge < -0.3 is 15.8 Å². The lowest BCUT2D eigenvalue weighted by Gasteiger charge is -2.50. The Hall–Kier alpha value is -3.09. The standard InChI is InChI=1S/C20H22F2N6O3S/c1-19(9-32(29,30)20(2,22)18(23)28-19)13-6-11(4-5-14(13)21)27-17-16-15(25-10-26-17)7-12(31-3)8-24-16/h4-8,10,29-30H,9H2,1-3H3,(H2,23,28)(H,25,26,27)/t19-,20+/m0/s1. The summed E-state index contributed by atoms with van der Waals surface area (Å²) in [7, 11) is -2.32. The predicted molar refractivity (Wildman–Crippen MR) is 120 cm³/mol. The molecule has 0 aliphatic carbocycles. The van der Waals surface area contributed by atoms with E-state index in [0.717, 1.165) is 6.92 Å². The van der Waals surface area contributed by atoms with Crippen LogP contribution in [0.15, 0.2) is 41.8 Å². The van der Waals surface area contributed by atoms with Gasteiger partial charge >= 0.3 is 0 Å². The van der Waals surface area contributed by atoms with Crippen LogP contribution in [0.25, 0.3) is 11.0 Å². The van der Waals surface area contributed by atoms with Crippen LogP contribution in [0, 0.1) is 5.82 Å². The molecule has 2 atom stereocenters. The summed E-state index contributed by atoms with van der Waals surface area (Å²) in [6.45, 7) is 2.43. The molecule has 0 amide bonds. The minimum absolute atomic E-state index is 0.0221. The molecule has 1 aliphatic rings. The number of aromatic nitrogens is 3. The second-order valence-electron chi connectivity index (χ2n) is 7.78. The average molecular weight is 464 g/mol. The van der Waals surface area contributed by atoms with E-state index in [-0.39, 0.29) is 5.56 Å². The Morgan fingerprint density at radius 1 is 1.19 bits per heavy atom. The number of hydrogen-bond acceptors (Lipinski definition) is 9. The molecule has 0 unspecified atom stereocenters. The molecule has 0 saturated carbocycles. The molecule has 1 aromatic carbocycles. The summed E-state index contributed by atoms with van der Waals surface area (Å²) < 4.78 is 55.4. The predicted octanol–water partition coefficient (Wildman–Crippen LogP) is 3.94. The van der Waals surface area contributed by atoms with Gasteiger partial charge in [0.15, 0.2) is 11.7 Å². The number of amidine groups is 1. The molecular weight excluding hydrogens is 442 g/mol. The minimum Gasteiger partial charge on any atom is -0.495 e. The molecule has 0 fully saturated rings. The van der Waals surface area contributed by atoms with Crippen molar-refractivity contribution >= 4 is 39.0 Å². The molecular formula is C20H22F2N6O3S. The molecule has 0 radical (unpaired) electrons. The van der Waals surface area contributed by atoms with Gasteiger partial charge in [-0.05, 0) is 32.0 Å². The Morgan fingerprint density at radius 2 is 1.94 bits per heavy atom. The number of hydrogen-bond donors (Lipinski definition) is 4. The van der Waals surface area contributed by atoms with E-state index in [0.29, 0.717) is 28.3 Å². The summed E-state index contributed by atoms with van der Waals surface area (Å²) in [4.78, 5) is 16.8. The van der Waals surface area contributed by atoms with E-state index in [1.165, 1.54) is 44.8 Å². The number of fused-ring (bicyclic) bond motifs is 1. The van der Waals surface area contributed by atoms with Gasteiger partial charge in [0.2, 0.25) is 0 Å². The zero-order valence-electron chi connectivity index (χ0n) is 17.5. The van der Waals surface area contributed by atoms with Crippen LogP contribution >= 0.6 is 10.6 Å². The molecule has 12 heteroatoms. The maximum absolute atomic E-state index is 14.8. The quantitative estimate of drug-likeness (QED) is 0.455. The van der Waals surface area contributed by atoms with Crippen LogP contribution in [0.2, 0.25) is 0 Å². The highest BCUT2D eigenvalue weighted by Crippen LogP contribution is 2.60. The molecule has 0 saturated heterocycles. The molecule has 0 spiro atoms. The molecule has 32 heavy (non-hydrogen) atoms. The number of nitrogens with two attached hydrogens (primary N) is 1. The smallest absolute Gasteiger partial charge is 0.250 e. The lowest BCUT2D eigenvalue weighted by molar-refractivity contribution is 0.313. The monoisotopic (exact) mass is 464 g/mol. The second kappa shape index (κ2) is 7.50. The van der Waals surface area contributed by atoms with Crippen molar-refractivity contribution in [2.45, 2.75) is 24.4 Å². The van der Waals surface area contributed by atoms with Crippen molar-refractivity contribution in [3.8, 4) is 5.75 Å². The lowest BCUT2D eigenvalue weighted by Crippen LogP contribution is -2.51. The van der Waals surface area contributed by atoms with Crippen LogP contribution in [0.1, 0.15) is 19.4 Å². The van der Waals surface area contributed by atoms with Crippen molar-refractivity contribution < 1.29 is 22.6 Å². The van der Waals surface area contributed by atoms with Crippen molar-refractivity contribution in [3.05, 3.63) is 48.2 Å². The molecule has 0 bridgehead atoms. The zero-order valence-corrected chi connectivity index (χ0v) is 18.3. The lowest BCUT2D eigenvalue weighted by atomic mass is 9.93. The van der Waals surface area contributed by atoms with E-state index < -0.39 is 38.5 Å². The van der Waals surface area contributed by atoms with Gasteiger partial charge in [-0.25, -0.2) is 23.7 Å². The van der Waals surface area contributed by atoms with Gasteiger partial charge in [-0.3, -0.25) is 14.1 Å². The fourth-order valence-corrected chi connectivity index (χ4v) is 5.17. The van der Waals surface area contributed by atoms with Gasteiger partial charge in [0.25, 0.3) is 5.00 Å². The number of aliphatic imine (C=N–C) groups is 1. The number of anilines is 2. The van der Waals surface area contributed by atoms with E-state index in [4.69, 9.17) is 10.5 Å². The van der Waals surface area contributed by atoms with E-state index >= 15 is 0 Å². The van der Waals surface area contributed by atoms with Crippen molar-refractivity contribution in [2.75, 3.05) is 18.2 Å². The third-order valence-electron chi connectivity index (χ3n) is 5.42. The SMILES string of the molecule is COc1cnc2c(Nc3ccc(F)c([C@]4(C)CS(O)(O)[C@@](C)(F)C(N)=N4)c3)ncnc2c1. The molecule has 1 aliphatic heterocycles. The Labute approximate surface area is 184 Å². The highest BCUT2D eigenvalue weighted by atomic mass is 32.3. The number of ether oxygens (including phenoxy) is 1. The van der Waals surface area contributed by atoms with E-state index in [1.54, 1.807) is 6.07 Å². The van der Waals surface area contributed by atoms with Crippen molar-refractivity contribution in [1.82, 2.24) is 15.0 Å². The first-order valence-corrected chi connectivity index (χ1v) is 11.2. The number of halogens is 2. The third kappa shape index (κ3) is 3.59. The maximum atomic E-state index is 14.8. The number of methoxy groups -OCH3 is 1. The van der Waals surface area contributed by atoms with Crippen LogP contribution in [-0.2, 0) is 5.54 Å². The number of rotatable bonds is 4. The summed E-state index contributed by atoms with van der Waals surface area (Å²) in [5.41, 5.74) is 5.67. The number of nitrogens with zero attached hydrogens (tertiary/aromatic N) is 4. The van der Waals surface area contributed by atoms with Gasteiger partial charge in [-0.1, -0.05) is 0 Å². The Balaban J connectivity index is 1.75. The van der Waals surface area contributed by atoms with Crippen LogP contribution in [0.5, 0.6) is 5.75 Å². The molecule has 4 rings (SSSR count). The van der Waals surface area contributed by atoms with E-state index in [1.807, 2.05) is 0 Å². The molecule has 3 heterocycles. The number of nitrogens with one attached hydrogen (secondary N) is 1. The average Bonchev–Trinajstić information content (AvgIpc) is 2.73. The molecule has 9 nitrogen and oxygen atoms in total. The van der Waals surface area contributed by atoms with Gasteiger partial charge in [0.1, 0.15) is 28.9 Å². The Kier molecular flexibility index (Phi) is 5.18. The van der Waals surface area contributed by atoms with Crippen LogP contribution in [0.4, 0.5) is 20.3 Å². The van der Waals surface area contributed by atoms with Crippen molar-refractivity contribution in [1.29, 1.82) is 0 Å². The summed E-state index contributed by atoms with van der Waals surface area (Å²) in [6.07, 6.45) is 2.87. The topological polar surface area (TPSA) is 139 Å². The largest absolute Gasteiger partial charge is 0.495 e. The van der Waals surface area contributed by atoms with Gasteiger partial charge in [-0.2, -0.15) is 10.6 Å². The van der Waals surface area contributed by atoms with Crippen LogP contribution < -0.4 is 15.8 Å². The second-order valence-corrected chi connectivity index (χ2v) is 10.2. The van der Waals surface area contributed by atoms with Gasteiger partial charge in [0, 0.05) is 17.3 Å². The third-order valence-corrected chi connectivity index (χ3v) is 7.82. The van der Waals surface area contributed by atoms with Gasteiger partial charge in [0.05, 0.1) is 24.6 Å². The van der Waals surface area contributed by atoms with Crippen LogP contribution in [-0.4, -0.2) is 47.8 Å². The zero-order chi connectivity index (χ0) is 23.3. The number of pyridine rings is 1. The first-order chi connectivity index (χ1) is 15.0. The first kappa shape index (κ1) is 22.1. The molecule has 3 aromatic rings. The highest BCUT2D eigenvalue weighted by Gasteiger charge is 2.52. The van der Waals surface area contributed by atoms with Crippen LogP contribution in [0.3, 0.4) is 0 Å². The summed E-state index contributed by atoms with van der Waals surface area (Å²) in [5, 5.41) is 0.472. The fraction of sp³-hybridized carbons (Fsp3) is 0.300. The number of benzene rings is 1. The summed E-state index contributed by atoms with van der Waals surface area (Å²) in [5.74, 6) is -0.865. The normalized spacial score (nSPS) is 25.8.